The first-order valence-electron chi connectivity index (χ1n) is 9.68. The lowest BCUT2D eigenvalue weighted by Gasteiger charge is -2.14. The molecule has 0 spiro atoms. The van der Waals surface area contributed by atoms with Gasteiger partial charge in [-0.05, 0) is 65.9 Å². The molecule has 1 heterocycles. The first-order valence-corrected chi connectivity index (χ1v) is 12.0. The lowest BCUT2D eigenvalue weighted by molar-refractivity contribution is -0.123. The molecule has 0 N–H and O–H groups in total. The summed E-state index contributed by atoms with van der Waals surface area (Å²) in [4.78, 5) is 38.9. The number of thioether (sulfide) groups is 1. The van der Waals surface area contributed by atoms with Crippen LogP contribution in [0.4, 0.5) is 4.79 Å². The molecule has 0 aliphatic carbocycles. The maximum absolute atomic E-state index is 12.8. The fourth-order valence-corrected chi connectivity index (χ4v) is 4.92. The normalized spacial score (nSPS) is 14.7. The molecule has 3 aromatic rings. The van der Waals surface area contributed by atoms with Crippen molar-refractivity contribution in [3.05, 3.63) is 102 Å². The lowest BCUT2D eigenvalue weighted by atomic mass is 10.2. The number of ether oxygens (including phenoxy) is 1. The van der Waals surface area contributed by atoms with Crippen LogP contribution in [0.3, 0.4) is 0 Å². The minimum Gasteiger partial charge on any atom is -0.423 e. The summed E-state index contributed by atoms with van der Waals surface area (Å²) in [5.74, 6) is -0.790. The minimum absolute atomic E-state index is 0.0251. The van der Waals surface area contributed by atoms with Crippen LogP contribution in [0.15, 0.2) is 65.6 Å². The number of carbonyl (C=O) groups is 3. The quantitative estimate of drug-likeness (QED) is 0.184. The van der Waals surface area contributed by atoms with Crippen LogP contribution in [0.1, 0.15) is 21.5 Å². The van der Waals surface area contributed by atoms with Gasteiger partial charge in [-0.15, -0.1) is 0 Å². The number of hydrogen-bond donors (Lipinski definition) is 0. The van der Waals surface area contributed by atoms with Crippen LogP contribution in [0.2, 0.25) is 20.1 Å². The second-order valence-electron chi connectivity index (χ2n) is 7.05. The Morgan fingerprint density at radius 1 is 0.912 bits per heavy atom. The zero-order valence-corrected chi connectivity index (χ0v) is 20.9. The molecule has 0 bridgehead atoms. The smallest absolute Gasteiger partial charge is 0.345 e. The van der Waals surface area contributed by atoms with Crippen molar-refractivity contribution < 1.29 is 19.1 Å². The number of carbonyl (C=O) groups excluding carboxylic acids is 3. The van der Waals surface area contributed by atoms with Crippen LogP contribution in [0.25, 0.3) is 6.08 Å². The van der Waals surface area contributed by atoms with Gasteiger partial charge in [0.15, 0.2) is 0 Å². The van der Waals surface area contributed by atoms with E-state index < -0.39 is 17.1 Å². The third-order valence-electron chi connectivity index (χ3n) is 4.79. The topological polar surface area (TPSA) is 63.7 Å². The van der Waals surface area contributed by atoms with Gasteiger partial charge in [0.1, 0.15) is 5.75 Å². The molecule has 3 aromatic carbocycles. The summed E-state index contributed by atoms with van der Waals surface area (Å²) in [6.07, 6.45) is 1.58. The van der Waals surface area contributed by atoms with Crippen LogP contribution in [-0.4, -0.2) is 22.0 Å². The minimum atomic E-state index is -0.631. The van der Waals surface area contributed by atoms with E-state index in [2.05, 4.69) is 0 Å². The molecule has 1 aliphatic rings. The number of imide groups is 1. The SMILES string of the molecule is O=C(Oc1ccc(/C=C2\SC(=O)N(Cc3c(Cl)cccc3Cl)C2=O)cc1)c1ccc(Cl)cc1Cl. The third-order valence-corrected chi connectivity index (χ3v) is 6.95. The summed E-state index contributed by atoms with van der Waals surface area (Å²) in [6, 6.07) is 15.9. The summed E-state index contributed by atoms with van der Waals surface area (Å²) in [7, 11) is 0. The van der Waals surface area contributed by atoms with Gasteiger partial charge in [0.05, 0.1) is 22.0 Å². The van der Waals surface area contributed by atoms with Crippen LogP contribution < -0.4 is 4.74 Å². The molecule has 0 aromatic heterocycles. The van der Waals surface area contributed by atoms with Crippen molar-refractivity contribution in [2.45, 2.75) is 6.54 Å². The maximum Gasteiger partial charge on any atom is 0.345 e. The zero-order valence-electron chi connectivity index (χ0n) is 17.1. The largest absolute Gasteiger partial charge is 0.423 e. The first-order chi connectivity index (χ1) is 16.2. The van der Waals surface area contributed by atoms with Gasteiger partial charge in [-0.1, -0.05) is 64.6 Å². The highest BCUT2D eigenvalue weighted by Crippen LogP contribution is 2.35. The maximum atomic E-state index is 12.8. The fourth-order valence-electron chi connectivity index (χ4n) is 3.08. The highest BCUT2D eigenvalue weighted by atomic mass is 35.5. The summed E-state index contributed by atoms with van der Waals surface area (Å²) in [5, 5.41) is 0.923. The predicted octanol–water partition coefficient (Wildman–Crippen LogP) is 7.76. The van der Waals surface area contributed by atoms with E-state index in [9.17, 15) is 14.4 Å². The average molecular weight is 553 g/mol. The van der Waals surface area contributed by atoms with Gasteiger partial charge in [0.2, 0.25) is 0 Å². The van der Waals surface area contributed by atoms with Crippen LogP contribution in [-0.2, 0) is 11.3 Å². The molecule has 0 saturated carbocycles. The van der Waals surface area contributed by atoms with Crippen molar-refractivity contribution in [1.29, 1.82) is 0 Å². The molecule has 1 fully saturated rings. The van der Waals surface area contributed by atoms with E-state index in [-0.39, 0.29) is 27.8 Å². The van der Waals surface area contributed by atoms with E-state index in [1.807, 2.05) is 0 Å². The fraction of sp³-hybridized carbons (Fsp3) is 0.0417. The van der Waals surface area contributed by atoms with Crippen LogP contribution in [0, 0.1) is 0 Å². The molecule has 10 heteroatoms. The Bertz CT molecular complexity index is 1320. The van der Waals surface area contributed by atoms with Crippen LogP contribution in [0.5, 0.6) is 5.75 Å². The Hall–Kier alpha value is -2.48. The molecule has 172 valence electrons. The third kappa shape index (κ3) is 5.43. The van der Waals surface area contributed by atoms with Crippen molar-refractivity contribution in [3.8, 4) is 5.75 Å². The van der Waals surface area contributed by atoms with Crippen LogP contribution >= 0.6 is 58.2 Å². The van der Waals surface area contributed by atoms with E-state index in [4.69, 9.17) is 51.1 Å². The van der Waals surface area contributed by atoms with Crippen molar-refractivity contribution in [2.24, 2.45) is 0 Å². The zero-order chi connectivity index (χ0) is 24.4. The van der Waals surface area contributed by atoms with E-state index in [0.717, 1.165) is 16.7 Å². The number of nitrogens with zero attached hydrogens (tertiary/aromatic N) is 1. The van der Waals surface area contributed by atoms with Gasteiger partial charge < -0.3 is 4.74 Å². The van der Waals surface area contributed by atoms with Gasteiger partial charge >= 0.3 is 5.97 Å². The van der Waals surface area contributed by atoms with Gasteiger partial charge in [-0.3, -0.25) is 14.5 Å². The number of halogens is 4. The molecule has 0 atom stereocenters. The van der Waals surface area contributed by atoms with Crippen molar-refractivity contribution in [3.63, 3.8) is 0 Å². The predicted molar refractivity (Wildman–Crippen MR) is 136 cm³/mol. The standard InChI is InChI=1S/C24H13Cl4NO4S/c25-14-6-9-16(20(28)11-14)23(31)33-15-7-4-13(5-8-15)10-21-22(30)29(24(32)34-21)12-17-18(26)2-1-3-19(17)27/h1-11H,12H2/b21-10-. The molecule has 0 radical (unpaired) electrons. The number of amides is 2. The lowest BCUT2D eigenvalue weighted by Crippen LogP contribution is -2.27. The Kier molecular flexibility index (Phi) is 7.55. The molecular formula is C24H13Cl4NO4S. The molecule has 4 rings (SSSR count). The molecule has 1 aliphatic heterocycles. The van der Waals surface area contributed by atoms with E-state index in [0.29, 0.717) is 26.2 Å². The summed E-state index contributed by atoms with van der Waals surface area (Å²) < 4.78 is 5.34. The Morgan fingerprint density at radius 3 is 2.24 bits per heavy atom. The van der Waals surface area contributed by atoms with Gasteiger partial charge in [0.25, 0.3) is 11.1 Å². The Balaban J connectivity index is 1.46. The number of benzene rings is 3. The molecule has 1 saturated heterocycles. The van der Waals surface area contributed by atoms with Gasteiger partial charge in [-0.25, -0.2) is 4.79 Å². The monoisotopic (exact) mass is 551 g/mol. The number of esters is 1. The molecule has 0 unspecified atom stereocenters. The summed E-state index contributed by atoms with van der Waals surface area (Å²) in [6.45, 7) is -0.0251. The summed E-state index contributed by atoms with van der Waals surface area (Å²) >= 11 is 25.1. The molecule has 34 heavy (non-hydrogen) atoms. The number of hydrogen-bond acceptors (Lipinski definition) is 5. The second kappa shape index (κ2) is 10.4. The van der Waals surface area contributed by atoms with Crippen molar-refractivity contribution in [2.75, 3.05) is 0 Å². The Morgan fingerprint density at radius 2 is 1.59 bits per heavy atom. The first kappa shape index (κ1) is 24.6. The van der Waals surface area contributed by atoms with E-state index >= 15 is 0 Å². The molecular weight excluding hydrogens is 540 g/mol. The second-order valence-corrected chi connectivity index (χ2v) is 9.70. The van der Waals surface area contributed by atoms with Gasteiger partial charge in [-0.2, -0.15) is 0 Å². The van der Waals surface area contributed by atoms with Gasteiger partial charge in [0, 0.05) is 20.6 Å². The summed E-state index contributed by atoms with van der Waals surface area (Å²) in [5.41, 5.74) is 1.33. The highest BCUT2D eigenvalue weighted by Gasteiger charge is 2.35. The number of rotatable bonds is 5. The van der Waals surface area contributed by atoms with E-state index in [1.165, 1.54) is 12.1 Å². The molecule has 5 nitrogen and oxygen atoms in total. The van der Waals surface area contributed by atoms with Crippen molar-refractivity contribution >= 4 is 81.4 Å². The molecule has 2 amide bonds. The van der Waals surface area contributed by atoms with Crippen molar-refractivity contribution in [1.82, 2.24) is 4.90 Å². The highest BCUT2D eigenvalue weighted by molar-refractivity contribution is 8.18. The Labute approximate surface area is 219 Å². The average Bonchev–Trinajstić information content (AvgIpc) is 3.04. The van der Waals surface area contributed by atoms with E-state index in [1.54, 1.807) is 54.6 Å².